The van der Waals surface area contributed by atoms with E-state index in [-0.39, 0.29) is 5.82 Å². The second-order valence-corrected chi connectivity index (χ2v) is 3.79. The summed E-state index contributed by atoms with van der Waals surface area (Å²) in [6.07, 6.45) is 0. The Labute approximate surface area is 87.3 Å². The lowest BCUT2D eigenvalue weighted by molar-refractivity contribution is -0.0910. The molecule has 15 heavy (non-hydrogen) atoms. The van der Waals surface area contributed by atoms with E-state index in [0.717, 1.165) is 5.56 Å². The largest absolute Gasteiger partial charge is 0.378 e. The number of nitrogens with two attached hydrogens (primary N) is 1. The quantitative estimate of drug-likeness (QED) is 0.794. The van der Waals surface area contributed by atoms with Crippen molar-refractivity contribution in [1.82, 2.24) is 0 Å². The fraction of sp³-hybridized carbons (Fsp3) is 0.364. The van der Waals surface area contributed by atoms with Crippen LogP contribution in [-0.4, -0.2) is 13.2 Å². The Balaban J connectivity index is 2.24. The van der Waals surface area contributed by atoms with Gasteiger partial charge in [0, 0.05) is 0 Å². The highest BCUT2D eigenvalue weighted by atomic mass is 19.1. The van der Waals surface area contributed by atoms with E-state index in [2.05, 4.69) is 6.07 Å². The van der Waals surface area contributed by atoms with Crippen LogP contribution in [0.4, 0.5) is 4.39 Å². The summed E-state index contributed by atoms with van der Waals surface area (Å²) < 4.78 is 17.7. The Kier molecular flexibility index (Phi) is 2.43. The Morgan fingerprint density at radius 3 is 2.40 bits per heavy atom. The Morgan fingerprint density at radius 1 is 1.40 bits per heavy atom. The van der Waals surface area contributed by atoms with Crippen molar-refractivity contribution in [2.75, 3.05) is 13.2 Å². The monoisotopic (exact) mass is 206 g/mol. The van der Waals surface area contributed by atoms with Crippen LogP contribution in [-0.2, 0) is 4.74 Å². The summed E-state index contributed by atoms with van der Waals surface area (Å²) in [4.78, 5) is 0. The molecule has 2 N–H and O–H groups in total. The summed E-state index contributed by atoms with van der Waals surface area (Å²) in [5.74, 6) is -0.304. The SMILES string of the molecule is N#CC1(C(N)c2ccc(F)cc2)COC1. The molecule has 0 aromatic heterocycles. The molecule has 1 aromatic rings. The van der Waals surface area contributed by atoms with Gasteiger partial charge in [-0.1, -0.05) is 12.1 Å². The summed E-state index contributed by atoms with van der Waals surface area (Å²) in [5, 5.41) is 9.04. The zero-order valence-corrected chi connectivity index (χ0v) is 8.11. The average Bonchev–Trinajstić information content (AvgIpc) is 2.18. The van der Waals surface area contributed by atoms with Gasteiger partial charge in [0.25, 0.3) is 0 Å². The van der Waals surface area contributed by atoms with Gasteiger partial charge >= 0.3 is 0 Å². The lowest BCUT2D eigenvalue weighted by Gasteiger charge is -2.39. The van der Waals surface area contributed by atoms with Crippen LogP contribution in [0.15, 0.2) is 24.3 Å². The van der Waals surface area contributed by atoms with Gasteiger partial charge in [0.15, 0.2) is 0 Å². The maximum atomic E-state index is 12.7. The first-order valence-electron chi connectivity index (χ1n) is 4.68. The molecular weight excluding hydrogens is 195 g/mol. The molecule has 78 valence electrons. The van der Waals surface area contributed by atoms with Crippen LogP contribution in [0.2, 0.25) is 0 Å². The summed E-state index contributed by atoms with van der Waals surface area (Å²) in [5.41, 5.74) is 6.09. The molecule has 0 radical (unpaired) electrons. The van der Waals surface area contributed by atoms with Crippen molar-refractivity contribution < 1.29 is 9.13 Å². The van der Waals surface area contributed by atoms with E-state index in [1.54, 1.807) is 12.1 Å². The molecule has 0 bridgehead atoms. The zero-order valence-electron chi connectivity index (χ0n) is 8.11. The van der Waals surface area contributed by atoms with Gasteiger partial charge in [0.1, 0.15) is 11.2 Å². The highest BCUT2D eigenvalue weighted by Gasteiger charge is 2.45. The molecule has 4 heteroatoms. The lowest BCUT2D eigenvalue weighted by atomic mass is 9.77. The van der Waals surface area contributed by atoms with Gasteiger partial charge < -0.3 is 10.5 Å². The number of ether oxygens (including phenoxy) is 1. The highest BCUT2D eigenvalue weighted by molar-refractivity contribution is 5.26. The van der Waals surface area contributed by atoms with E-state index in [0.29, 0.717) is 13.2 Å². The van der Waals surface area contributed by atoms with Gasteiger partial charge in [-0.2, -0.15) is 5.26 Å². The van der Waals surface area contributed by atoms with E-state index in [4.69, 9.17) is 15.7 Å². The molecule has 1 fully saturated rings. The van der Waals surface area contributed by atoms with Crippen LogP contribution in [0.3, 0.4) is 0 Å². The summed E-state index contributed by atoms with van der Waals surface area (Å²) in [6, 6.07) is 7.68. The second-order valence-electron chi connectivity index (χ2n) is 3.79. The maximum absolute atomic E-state index is 12.7. The second kappa shape index (κ2) is 3.61. The van der Waals surface area contributed by atoms with Crippen molar-refractivity contribution in [1.29, 1.82) is 5.26 Å². The molecule has 0 saturated carbocycles. The predicted molar refractivity (Wildman–Crippen MR) is 52.2 cm³/mol. The van der Waals surface area contributed by atoms with E-state index < -0.39 is 11.5 Å². The topological polar surface area (TPSA) is 59.0 Å². The van der Waals surface area contributed by atoms with Crippen molar-refractivity contribution in [2.24, 2.45) is 11.1 Å². The number of halogens is 1. The Morgan fingerprint density at radius 2 is 2.00 bits per heavy atom. The number of hydrogen-bond donors (Lipinski definition) is 1. The summed E-state index contributed by atoms with van der Waals surface area (Å²) in [7, 11) is 0. The first-order valence-corrected chi connectivity index (χ1v) is 4.68. The normalized spacial score (nSPS) is 20.1. The van der Waals surface area contributed by atoms with Crippen LogP contribution >= 0.6 is 0 Å². The first kappa shape index (κ1) is 10.1. The molecule has 0 aliphatic carbocycles. The molecule has 1 atom stereocenters. The molecule has 2 rings (SSSR count). The van der Waals surface area contributed by atoms with Crippen LogP contribution in [0.1, 0.15) is 11.6 Å². The predicted octanol–water partition coefficient (Wildman–Crippen LogP) is 1.37. The molecule has 0 amide bonds. The molecular formula is C11H11FN2O. The molecule has 1 aromatic carbocycles. The standard InChI is InChI=1S/C11H11FN2O/c12-9-3-1-8(2-4-9)10(14)11(5-13)6-15-7-11/h1-4,10H,6-7,14H2. The van der Waals surface area contributed by atoms with Crippen molar-refractivity contribution >= 4 is 0 Å². The number of hydrogen-bond acceptors (Lipinski definition) is 3. The zero-order chi connectivity index (χ0) is 10.9. The first-order chi connectivity index (χ1) is 7.18. The highest BCUT2D eigenvalue weighted by Crippen LogP contribution is 2.38. The lowest BCUT2D eigenvalue weighted by Crippen LogP contribution is -2.49. The summed E-state index contributed by atoms with van der Waals surface area (Å²) >= 11 is 0. The molecule has 0 spiro atoms. The van der Waals surface area contributed by atoms with E-state index in [9.17, 15) is 4.39 Å². The van der Waals surface area contributed by atoms with Crippen LogP contribution in [0, 0.1) is 22.6 Å². The molecule has 1 heterocycles. The molecule has 1 saturated heterocycles. The van der Waals surface area contributed by atoms with Crippen LogP contribution in [0.25, 0.3) is 0 Å². The molecule has 1 aliphatic rings. The smallest absolute Gasteiger partial charge is 0.123 e. The van der Waals surface area contributed by atoms with Crippen molar-refractivity contribution in [2.45, 2.75) is 6.04 Å². The van der Waals surface area contributed by atoms with Gasteiger partial charge in [-0.15, -0.1) is 0 Å². The van der Waals surface area contributed by atoms with E-state index in [1.807, 2.05) is 0 Å². The number of benzene rings is 1. The average molecular weight is 206 g/mol. The Hall–Kier alpha value is -1.44. The van der Waals surface area contributed by atoms with Crippen LogP contribution < -0.4 is 5.73 Å². The molecule has 3 nitrogen and oxygen atoms in total. The summed E-state index contributed by atoms with van der Waals surface area (Å²) in [6.45, 7) is 0.698. The fourth-order valence-corrected chi connectivity index (χ4v) is 1.62. The molecule has 1 unspecified atom stereocenters. The van der Waals surface area contributed by atoms with Gasteiger partial charge in [-0.3, -0.25) is 0 Å². The third-order valence-electron chi connectivity index (χ3n) is 2.77. The number of nitriles is 1. The van der Waals surface area contributed by atoms with Crippen molar-refractivity contribution in [3.05, 3.63) is 35.6 Å². The van der Waals surface area contributed by atoms with Crippen LogP contribution in [0.5, 0.6) is 0 Å². The number of nitrogens with zero attached hydrogens (tertiary/aromatic N) is 1. The van der Waals surface area contributed by atoms with E-state index in [1.165, 1.54) is 12.1 Å². The minimum absolute atomic E-state index is 0.304. The third kappa shape index (κ3) is 1.60. The van der Waals surface area contributed by atoms with Crippen molar-refractivity contribution in [3.63, 3.8) is 0 Å². The minimum Gasteiger partial charge on any atom is -0.378 e. The van der Waals surface area contributed by atoms with Gasteiger partial charge in [0.2, 0.25) is 0 Å². The Bertz CT molecular complexity index is 392. The van der Waals surface area contributed by atoms with Gasteiger partial charge in [-0.25, -0.2) is 4.39 Å². The van der Waals surface area contributed by atoms with Gasteiger partial charge in [0.05, 0.1) is 25.3 Å². The third-order valence-corrected chi connectivity index (χ3v) is 2.77. The maximum Gasteiger partial charge on any atom is 0.123 e. The number of rotatable bonds is 2. The van der Waals surface area contributed by atoms with Gasteiger partial charge in [-0.05, 0) is 17.7 Å². The molecule has 1 aliphatic heterocycles. The fourth-order valence-electron chi connectivity index (χ4n) is 1.62. The van der Waals surface area contributed by atoms with E-state index >= 15 is 0 Å². The minimum atomic E-state index is -0.641. The van der Waals surface area contributed by atoms with Crippen molar-refractivity contribution in [3.8, 4) is 6.07 Å².